The molecule has 0 unspecified atom stereocenters. The Morgan fingerprint density at radius 3 is 2.74 bits per heavy atom. The standard InChI is InChI=1S/C13H18ClN5/c1-2-3-4-5-8-15-12-16-11(14)17-13(18-12)19-9-6-7-10-19/h1H,3-10H2,(H,15,16,17,18). The fraction of sp³-hybridized carbons (Fsp3) is 0.615. The second kappa shape index (κ2) is 7.15. The summed E-state index contributed by atoms with van der Waals surface area (Å²) in [6.45, 7) is 2.77. The van der Waals surface area contributed by atoms with Crippen molar-refractivity contribution < 1.29 is 0 Å². The number of halogens is 1. The Labute approximate surface area is 118 Å². The Morgan fingerprint density at radius 2 is 2.00 bits per heavy atom. The molecule has 0 spiro atoms. The monoisotopic (exact) mass is 279 g/mol. The molecule has 5 nitrogen and oxygen atoms in total. The van der Waals surface area contributed by atoms with Gasteiger partial charge in [0, 0.05) is 26.1 Å². The molecule has 1 N–H and O–H groups in total. The average molecular weight is 280 g/mol. The van der Waals surface area contributed by atoms with Crippen molar-refractivity contribution in [3.8, 4) is 12.3 Å². The molecule has 0 atom stereocenters. The minimum absolute atomic E-state index is 0.239. The van der Waals surface area contributed by atoms with Crippen molar-refractivity contribution in [1.29, 1.82) is 0 Å². The van der Waals surface area contributed by atoms with Gasteiger partial charge in [0.05, 0.1) is 0 Å². The predicted octanol–water partition coefficient (Wildman–Crippen LogP) is 2.34. The van der Waals surface area contributed by atoms with Crippen molar-refractivity contribution in [2.75, 3.05) is 29.9 Å². The minimum atomic E-state index is 0.239. The normalized spacial score (nSPS) is 14.4. The number of aromatic nitrogens is 3. The molecule has 0 aliphatic carbocycles. The third-order valence-electron chi connectivity index (χ3n) is 3.02. The molecule has 1 saturated heterocycles. The average Bonchev–Trinajstić information content (AvgIpc) is 2.92. The van der Waals surface area contributed by atoms with Gasteiger partial charge in [0.1, 0.15) is 0 Å². The maximum absolute atomic E-state index is 5.94. The lowest BCUT2D eigenvalue weighted by atomic mass is 10.2. The number of unbranched alkanes of at least 4 members (excludes halogenated alkanes) is 2. The molecular weight excluding hydrogens is 262 g/mol. The van der Waals surface area contributed by atoms with Crippen molar-refractivity contribution in [3.05, 3.63) is 5.28 Å². The third-order valence-corrected chi connectivity index (χ3v) is 3.19. The van der Waals surface area contributed by atoms with E-state index >= 15 is 0 Å². The number of rotatable bonds is 6. The summed E-state index contributed by atoms with van der Waals surface area (Å²) in [7, 11) is 0. The van der Waals surface area contributed by atoms with Crippen molar-refractivity contribution in [1.82, 2.24) is 15.0 Å². The minimum Gasteiger partial charge on any atom is -0.354 e. The number of anilines is 2. The SMILES string of the molecule is C#CCCCCNc1nc(Cl)nc(N2CCCC2)n1. The fourth-order valence-corrected chi connectivity index (χ4v) is 2.19. The molecule has 19 heavy (non-hydrogen) atoms. The van der Waals surface area contributed by atoms with Crippen LogP contribution in [0.4, 0.5) is 11.9 Å². The van der Waals surface area contributed by atoms with Crippen LogP contribution in [-0.2, 0) is 0 Å². The van der Waals surface area contributed by atoms with Crippen molar-refractivity contribution in [3.63, 3.8) is 0 Å². The number of nitrogens with zero attached hydrogens (tertiary/aromatic N) is 4. The van der Waals surface area contributed by atoms with Crippen LogP contribution in [0.3, 0.4) is 0 Å². The van der Waals surface area contributed by atoms with Gasteiger partial charge in [-0.05, 0) is 37.3 Å². The largest absolute Gasteiger partial charge is 0.354 e. The van der Waals surface area contributed by atoms with Gasteiger partial charge in [-0.3, -0.25) is 0 Å². The summed E-state index contributed by atoms with van der Waals surface area (Å²) in [5, 5.41) is 3.41. The van der Waals surface area contributed by atoms with E-state index in [1.807, 2.05) is 0 Å². The molecule has 0 bridgehead atoms. The first kappa shape index (κ1) is 13.9. The number of hydrogen-bond acceptors (Lipinski definition) is 5. The first-order valence-corrected chi connectivity index (χ1v) is 7.01. The molecule has 1 aromatic rings. The van der Waals surface area contributed by atoms with E-state index in [-0.39, 0.29) is 5.28 Å². The van der Waals surface area contributed by atoms with Gasteiger partial charge in [0.25, 0.3) is 0 Å². The molecule has 0 radical (unpaired) electrons. The van der Waals surface area contributed by atoms with Crippen LogP contribution in [0.5, 0.6) is 0 Å². The first-order valence-electron chi connectivity index (χ1n) is 6.63. The van der Waals surface area contributed by atoms with Crippen LogP contribution < -0.4 is 10.2 Å². The summed E-state index contributed by atoms with van der Waals surface area (Å²) < 4.78 is 0. The van der Waals surface area contributed by atoms with E-state index in [1.54, 1.807) is 0 Å². The molecule has 1 fully saturated rings. The summed E-state index contributed by atoms with van der Waals surface area (Å²) in [6.07, 6.45) is 10.4. The Kier molecular flexibility index (Phi) is 5.22. The lowest BCUT2D eigenvalue weighted by molar-refractivity contribution is 0.781. The lowest BCUT2D eigenvalue weighted by Gasteiger charge is -2.15. The van der Waals surface area contributed by atoms with Gasteiger partial charge in [-0.25, -0.2) is 0 Å². The van der Waals surface area contributed by atoms with Gasteiger partial charge in [0.15, 0.2) is 0 Å². The van der Waals surface area contributed by atoms with Crippen LogP contribution in [0.15, 0.2) is 0 Å². The fourth-order valence-electron chi connectivity index (χ4n) is 2.03. The first-order chi connectivity index (χ1) is 9.29. The van der Waals surface area contributed by atoms with E-state index in [0.29, 0.717) is 11.9 Å². The highest BCUT2D eigenvalue weighted by molar-refractivity contribution is 6.28. The third kappa shape index (κ3) is 4.25. The quantitative estimate of drug-likeness (QED) is 0.640. The summed E-state index contributed by atoms with van der Waals surface area (Å²) >= 11 is 5.94. The summed E-state index contributed by atoms with van der Waals surface area (Å²) in [5.41, 5.74) is 0. The second-order valence-electron chi connectivity index (χ2n) is 4.51. The molecular formula is C13H18ClN5. The van der Waals surface area contributed by atoms with Gasteiger partial charge in [-0.15, -0.1) is 12.3 Å². The molecule has 2 heterocycles. The second-order valence-corrected chi connectivity index (χ2v) is 4.85. The number of nitrogens with one attached hydrogen (secondary N) is 1. The Balaban J connectivity index is 1.91. The van der Waals surface area contributed by atoms with Crippen LogP contribution >= 0.6 is 11.6 Å². The van der Waals surface area contributed by atoms with E-state index < -0.39 is 0 Å². The van der Waals surface area contributed by atoms with Gasteiger partial charge in [-0.1, -0.05) is 0 Å². The molecule has 0 aromatic carbocycles. The van der Waals surface area contributed by atoms with Crippen molar-refractivity contribution in [2.45, 2.75) is 32.1 Å². The lowest BCUT2D eigenvalue weighted by Crippen LogP contribution is -2.21. The highest BCUT2D eigenvalue weighted by Crippen LogP contribution is 2.18. The van der Waals surface area contributed by atoms with E-state index in [9.17, 15) is 0 Å². The number of hydrogen-bond donors (Lipinski definition) is 1. The number of terminal acetylenes is 1. The Hall–Kier alpha value is -1.54. The maximum Gasteiger partial charge on any atom is 0.231 e. The maximum atomic E-state index is 5.94. The zero-order valence-electron chi connectivity index (χ0n) is 10.9. The molecule has 1 aliphatic heterocycles. The van der Waals surface area contributed by atoms with Crippen LogP contribution in [0.1, 0.15) is 32.1 Å². The highest BCUT2D eigenvalue weighted by atomic mass is 35.5. The molecule has 102 valence electrons. The van der Waals surface area contributed by atoms with Crippen molar-refractivity contribution in [2.24, 2.45) is 0 Å². The summed E-state index contributed by atoms with van der Waals surface area (Å²) in [5.74, 6) is 3.84. The zero-order chi connectivity index (χ0) is 13.5. The predicted molar refractivity (Wildman–Crippen MR) is 77.5 cm³/mol. The Bertz CT molecular complexity index is 451. The van der Waals surface area contributed by atoms with E-state index in [0.717, 1.165) is 38.9 Å². The van der Waals surface area contributed by atoms with Crippen LogP contribution in [0.25, 0.3) is 0 Å². The van der Waals surface area contributed by atoms with E-state index in [4.69, 9.17) is 18.0 Å². The summed E-state index contributed by atoms with van der Waals surface area (Å²) in [4.78, 5) is 14.8. The Morgan fingerprint density at radius 1 is 1.21 bits per heavy atom. The molecule has 0 amide bonds. The zero-order valence-corrected chi connectivity index (χ0v) is 11.7. The molecule has 6 heteroatoms. The van der Waals surface area contributed by atoms with Gasteiger partial charge in [-0.2, -0.15) is 15.0 Å². The van der Waals surface area contributed by atoms with Crippen LogP contribution in [0, 0.1) is 12.3 Å². The van der Waals surface area contributed by atoms with E-state index in [1.165, 1.54) is 12.8 Å². The van der Waals surface area contributed by atoms with Crippen LogP contribution in [-0.4, -0.2) is 34.6 Å². The molecule has 1 aliphatic rings. The van der Waals surface area contributed by atoms with Crippen LogP contribution in [0.2, 0.25) is 5.28 Å². The smallest absolute Gasteiger partial charge is 0.231 e. The van der Waals surface area contributed by atoms with Gasteiger partial charge in [0.2, 0.25) is 17.2 Å². The molecule has 0 saturated carbocycles. The summed E-state index contributed by atoms with van der Waals surface area (Å²) in [6, 6.07) is 0. The molecule has 1 aromatic heterocycles. The van der Waals surface area contributed by atoms with Gasteiger partial charge >= 0.3 is 0 Å². The highest BCUT2D eigenvalue weighted by Gasteiger charge is 2.16. The van der Waals surface area contributed by atoms with Gasteiger partial charge < -0.3 is 10.2 Å². The topological polar surface area (TPSA) is 53.9 Å². The molecule has 2 rings (SSSR count). The van der Waals surface area contributed by atoms with Crippen molar-refractivity contribution >= 4 is 23.5 Å². The van der Waals surface area contributed by atoms with E-state index in [2.05, 4.69) is 31.1 Å².